The zero-order valence-corrected chi connectivity index (χ0v) is 15.9. The number of pyridine rings is 1. The van der Waals surface area contributed by atoms with Gasteiger partial charge in [0.2, 0.25) is 0 Å². The van der Waals surface area contributed by atoms with E-state index in [-0.39, 0.29) is 5.92 Å². The lowest BCUT2D eigenvalue weighted by molar-refractivity contribution is -0.0829. The molecule has 0 aliphatic carbocycles. The van der Waals surface area contributed by atoms with E-state index in [1.165, 1.54) is 0 Å². The minimum Gasteiger partial charge on any atom is -0.390 e. The lowest BCUT2D eigenvalue weighted by atomic mass is 10.0. The Bertz CT molecular complexity index is 980. The fraction of sp³-hybridized carbons (Fsp3) is 0.333. The van der Waals surface area contributed by atoms with E-state index >= 15 is 0 Å². The number of aliphatic hydroxyl groups excluding tert-OH is 2. The van der Waals surface area contributed by atoms with Gasteiger partial charge in [-0.1, -0.05) is 30.1 Å². The number of aromatic nitrogens is 3. The number of hydrogen-bond acceptors (Lipinski definition) is 6. The van der Waals surface area contributed by atoms with Crippen LogP contribution in [0.1, 0.15) is 6.92 Å². The number of halogens is 2. The normalized spacial score (nSPS) is 22.9. The Kier molecular flexibility index (Phi) is 4.73. The minimum atomic E-state index is -1.71. The summed E-state index contributed by atoms with van der Waals surface area (Å²) in [5, 5.41) is 31.4. The van der Waals surface area contributed by atoms with E-state index in [1.807, 2.05) is 23.6 Å². The molecule has 3 atom stereocenters. The molecule has 1 saturated heterocycles. The summed E-state index contributed by atoms with van der Waals surface area (Å²) in [5.41, 5.74) is 1.26. The van der Waals surface area contributed by atoms with Gasteiger partial charge in [0, 0.05) is 36.3 Å². The summed E-state index contributed by atoms with van der Waals surface area (Å²) < 4.78 is 1.82. The molecule has 2 aromatic heterocycles. The first kappa shape index (κ1) is 18.5. The van der Waals surface area contributed by atoms with Crippen LogP contribution in [0.2, 0.25) is 10.0 Å². The van der Waals surface area contributed by atoms with E-state index < -0.39 is 18.4 Å². The van der Waals surface area contributed by atoms with Gasteiger partial charge < -0.3 is 24.8 Å². The number of aliphatic hydroxyl groups is 3. The Morgan fingerprint density at radius 2 is 2.04 bits per heavy atom. The van der Waals surface area contributed by atoms with Crippen molar-refractivity contribution in [1.82, 2.24) is 14.5 Å². The highest BCUT2D eigenvalue weighted by Gasteiger charge is 2.43. The van der Waals surface area contributed by atoms with E-state index in [4.69, 9.17) is 23.2 Å². The van der Waals surface area contributed by atoms with Crippen molar-refractivity contribution < 1.29 is 15.3 Å². The average molecular weight is 409 g/mol. The van der Waals surface area contributed by atoms with E-state index in [9.17, 15) is 15.3 Å². The molecule has 1 aliphatic heterocycles. The van der Waals surface area contributed by atoms with Gasteiger partial charge in [0.05, 0.1) is 33.7 Å². The number of hydrogen-bond donors (Lipinski definition) is 3. The highest BCUT2D eigenvalue weighted by molar-refractivity contribution is 6.45. The molecule has 3 heterocycles. The Morgan fingerprint density at radius 1 is 1.26 bits per heavy atom. The summed E-state index contributed by atoms with van der Waals surface area (Å²) in [5.74, 6) is 0.317. The van der Waals surface area contributed by atoms with E-state index in [1.54, 1.807) is 29.7 Å². The van der Waals surface area contributed by atoms with Crippen LogP contribution >= 0.6 is 23.2 Å². The first-order valence-electron chi connectivity index (χ1n) is 8.46. The second-order valence-electron chi connectivity index (χ2n) is 6.75. The van der Waals surface area contributed by atoms with Gasteiger partial charge in [-0.25, -0.2) is 9.97 Å². The molecule has 3 aromatic rings. The van der Waals surface area contributed by atoms with Crippen molar-refractivity contribution >= 4 is 39.9 Å². The monoisotopic (exact) mass is 408 g/mol. The van der Waals surface area contributed by atoms with Gasteiger partial charge in [0.25, 0.3) is 0 Å². The lowest BCUT2D eigenvalue weighted by Crippen LogP contribution is -2.45. The zero-order valence-electron chi connectivity index (χ0n) is 14.4. The van der Waals surface area contributed by atoms with Crippen LogP contribution in [0.5, 0.6) is 0 Å². The van der Waals surface area contributed by atoms with Crippen molar-refractivity contribution in [3.05, 3.63) is 47.0 Å². The highest BCUT2D eigenvalue weighted by Crippen LogP contribution is 2.37. The third-order valence-electron chi connectivity index (χ3n) is 5.00. The molecule has 7 nitrogen and oxygen atoms in total. The van der Waals surface area contributed by atoms with E-state index in [2.05, 4.69) is 9.97 Å². The summed E-state index contributed by atoms with van der Waals surface area (Å²) in [4.78, 5) is 10.4. The van der Waals surface area contributed by atoms with Crippen molar-refractivity contribution in [2.45, 2.75) is 25.4 Å². The maximum absolute atomic E-state index is 10.4. The molecule has 142 valence electrons. The molecule has 0 saturated carbocycles. The number of fused-ring (bicyclic) bond motifs is 1. The summed E-state index contributed by atoms with van der Waals surface area (Å²) >= 11 is 12.6. The first-order chi connectivity index (χ1) is 12.9. The van der Waals surface area contributed by atoms with Crippen molar-refractivity contribution in [2.75, 3.05) is 11.4 Å². The van der Waals surface area contributed by atoms with Crippen LogP contribution in [0.15, 0.2) is 36.9 Å². The highest BCUT2D eigenvalue weighted by atomic mass is 35.5. The van der Waals surface area contributed by atoms with Crippen LogP contribution in [0.4, 0.5) is 5.82 Å². The molecule has 0 spiro atoms. The van der Waals surface area contributed by atoms with Crippen LogP contribution in [0, 0.1) is 5.92 Å². The summed E-state index contributed by atoms with van der Waals surface area (Å²) in [7, 11) is 0. The molecule has 3 N–H and O–H groups in total. The van der Waals surface area contributed by atoms with Gasteiger partial charge in [0.15, 0.2) is 6.29 Å². The fourth-order valence-electron chi connectivity index (χ4n) is 3.61. The van der Waals surface area contributed by atoms with Gasteiger partial charge >= 0.3 is 0 Å². The quantitative estimate of drug-likeness (QED) is 0.575. The topological polar surface area (TPSA) is 94.6 Å². The molecule has 1 aromatic carbocycles. The van der Waals surface area contributed by atoms with Gasteiger partial charge in [0.1, 0.15) is 11.9 Å². The summed E-state index contributed by atoms with van der Waals surface area (Å²) in [6.45, 7) is 2.27. The van der Waals surface area contributed by atoms with Gasteiger partial charge in [-0.05, 0) is 12.1 Å². The van der Waals surface area contributed by atoms with Crippen LogP contribution in [-0.4, -0.2) is 54.8 Å². The number of nitrogens with zero attached hydrogens (tertiary/aromatic N) is 4. The number of imidazole rings is 1. The van der Waals surface area contributed by atoms with Gasteiger partial charge in [-0.15, -0.1) is 0 Å². The maximum Gasteiger partial charge on any atom is 0.174 e. The molecule has 1 fully saturated rings. The Morgan fingerprint density at radius 3 is 2.70 bits per heavy atom. The molecule has 0 radical (unpaired) electrons. The molecule has 0 amide bonds. The van der Waals surface area contributed by atoms with E-state index in [0.717, 1.165) is 11.1 Å². The number of benzene rings is 1. The Hall–Kier alpha value is -1.90. The summed E-state index contributed by atoms with van der Waals surface area (Å²) in [6.07, 6.45) is 2.50. The number of anilines is 1. The fourth-order valence-corrected chi connectivity index (χ4v) is 3.97. The third kappa shape index (κ3) is 3.05. The van der Waals surface area contributed by atoms with Crippen LogP contribution in [0.25, 0.3) is 16.6 Å². The standard InChI is InChI=1S/C18H18Cl2N4O3/c1-9-7-24(16(17(9)25)18(26)27)13-6-12(23-5-4-21-8-23)10-2-3-11(19)14(20)15(10)22-13/h2-6,8-9,16-18,25-27H,7H2,1H3/t9-,16+,17+/m1/s1. The molecule has 0 bridgehead atoms. The van der Waals surface area contributed by atoms with Crippen molar-refractivity contribution in [1.29, 1.82) is 0 Å². The molecule has 1 aliphatic rings. The van der Waals surface area contributed by atoms with Crippen molar-refractivity contribution in [2.24, 2.45) is 5.92 Å². The number of rotatable bonds is 3. The van der Waals surface area contributed by atoms with Crippen LogP contribution in [-0.2, 0) is 0 Å². The SMILES string of the molecule is C[C@@H]1CN(c2cc(-n3ccnc3)c3ccc(Cl)c(Cl)c3n2)[C@H](C(O)O)[C@H]1O. The Labute approximate surface area is 165 Å². The molecule has 4 rings (SSSR count). The minimum absolute atomic E-state index is 0.152. The van der Waals surface area contributed by atoms with Crippen molar-refractivity contribution in [3.8, 4) is 5.69 Å². The molecular formula is C18H18Cl2N4O3. The lowest BCUT2D eigenvalue weighted by Gasteiger charge is -2.29. The van der Waals surface area contributed by atoms with Gasteiger partial charge in [-0.2, -0.15) is 0 Å². The van der Waals surface area contributed by atoms with E-state index in [0.29, 0.717) is 27.9 Å². The molecule has 0 unspecified atom stereocenters. The predicted molar refractivity (Wildman–Crippen MR) is 103 cm³/mol. The summed E-state index contributed by atoms with van der Waals surface area (Å²) in [6, 6.07) is 4.46. The second kappa shape index (κ2) is 6.92. The first-order valence-corrected chi connectivity index (χ1v) is 9.22. The molecule has 27 heavy (non-hydrogen) atoms. The smallest absolute Gasteiger partial charge is 0.174 e. The zero-order chi connectivity index (χ0) is 19.3. The maximum atomic E-state index is 10.4. The predicted octanol–water partition coefficient (Wildman–Crippen LogP) is 2.22. The van der Waals surface area contributed by atoms with Crippen LogP contribution < -0.4 is 4.90 Å². The largest absolute Gasteiger partial charge is 0.390 e. The second-order valence-corrected chi connectivity index (χ2v) is 7.54. The molecular weight excluding hydrogens is 391 g/mol. The van der Waals surface area contributed by atoms with Crippen molar-refractivity contribution in [3.63, 3.8) is 0 Å². The Balaban J connectivity index is 1.95. The van der Waals surface area contributed by atoms with Gasteiger partial charge in [-0.3, -0.25) is 0 Å². The third-order valence-corrected chi connectivity index (χ3v) is 5.79. The molecule has 9 heteroatoms. The van der Waals surface area contributed by atoms with Crippen LogP contribution in [0.3, 0.4) is 0 Å². The average Bonchev–Trinajstić information content (AvgIpc) is 3.26.